The number of rotatable bonds is 13. The molecular formula is C21H36O2. The lowest BCUT2D eigenvalue weighted by molar-refractivity contribution is -0.138. The second-order valence-electron chi connectivity index (χ2n) is 7.00. The molecule has 0 aliphatic carbocycles. The van der Waals surface area contributed by atoms with E-state index in [0.29, 0.717) is 11.7 Å². The third-order valence-corrected chi connectivity index (χ3v) is 4.67. The summed E-state index contributed by atoms with van der Waals surface area (Å²) in [5.74, 6) is 1.09. The van der Waals surface area contributed by atoms with Crippen molar-refractivity contribution in [2.45, 2.75) is 97.3 Å². The third kappa shape index (κ3) is 7.87. The van der Waals surface area contributed by atoms with Gasteiger partial charge in [-0.3, -0.25) is 0 Å². The van der Waals surface area contributed by atoms with Crippen LogP contribution >= 0.6 is 0 Å². The number of benzene rings is 1. The van der Waals surface area contributed by atoms with E-state index in [0.717, 1.165) is 6.42 Å². The van der Waals surface area contributed by atoms with Gasteiger partial charge in [-0.25, -0.2) is 5.26 Å². The molecule has 0 aliphatic rings. The van der Waals surface area contributed by atoms with E-state index in [9.17, 15) is 0 Å². The van der Waals surface area contributed by atoms with Crippen LogP contribution in [0.1, 0.15) is 102 Å². The van der Waals surface area contributed by atoms with Gasteiger partial charge >= 0.3 is 0 Å². The number of hydrogen-bond acceptors (Lipinski definition) is 2. The summed E-state index contributed by atoms with van der Waals surface area (Å²) in [7, 11) is 0. The Bertz CT molecular complexity index is 412. The first-order valence-electron chi connectivity index (χ1n) is 9.63. The first-order valence-corrected chi connectivity index (χ1v) is 9.63. The van der Waals surface area contributed by atoms with Crippen LogP contribution in [0.3, 0.4) is 0 Å². The van der Waals surface area contributed by atoms with Crippen LogP contribution in [0, 0.1) is 0 Å². The molecule has 0 saturated heterocycles. The Hall–Kier alpha value is -1.02. The van der Waals surface area contributed by atoms with Gasteiger partial charge in [0.25, 0.3) is 0 Å². The Kier molecular flexibility index (Phi) is 10.8. The summed E-state index contributed by atoms with van der Waals surface area (Å²) in [5, 5.41) is 9.09. The molecule has 2 nitrogen and oxygen atoms in total. The van der Waals surface area contributed by atoms with E-state index in [1.165, 1.54) is 75.3 Å². The predicted molar refractivity (Wildman–Crippen MR) is 99.3 cm³/mol. The Labute approximate surface area is 143 Å². The van der Waals surface area contributed by atoms with E-state index >= 15 is 0 Å². The summed E-state index contributed by atoms with van der Waals surface area (Å²) in [6.45, 7) is 6.65. The molecule has 0 unspecified atom stereocenters. The maximum atomic E-state index is 9.09. The fourth-order valence-electron chi connectivity index (χ4n) is 3.27. The van der Waals surface area contributed by atoms with Gasteiger partial charge in [0.15, 0.2) is 5.75 Å². The molecule has 132 valence electrons. The maximum Gasteiger partial charge on any atom is 0.168 e. The molecule has 1 N–H and O–H groups in total. The van der Waals surface area contributed by atoms with E-state index in [2.05, 4.69) is 31.7 Å². The normalized spacial score (nSPS) is 11.2. The fraction of sp³-hybridized carbons (Fsp3) is 0.714. The van der Waals surface area contributed by atoms with Crippen molar-refractivity contribution in [2.24, 2.45) is 0 Å². The van der Waals surface area contributed by atoms with E-state index < -0.39 is 0 Å². The van der Waals surface area contributed by atoms with Crippen LogP contribution in [0.4, 0.5) is 0 Å². The average Bonchev–Trinajstić information content (AvgIpc) is 2.56. The smallest absolute Gasteiger partial charge is 0.168 e. The minimum absolute atomic E-state index is 0.461. The molecule has 0 radical (unpaired) electrons. The first kappa shape index (κ1) is 20.0. The van der Waals surface area contributed by atoms with Crippen LogP contribution in [0.2, 0.25) is 0 Å². The largest absolute Gasteiger partial charge is 0.340 e. The van der Waals surface area contributed by atoms with Crippen LogP contribution in [-0.2, 0) is 6.42 Å². The van der Waals surface area contributed by atoms with Crippen molar-refractivity contribution in [3.8, 4) is 5.75 Å². The van der Waals surface area contributed by atoms with Crippen molar-refractivity contribution in [1.82, 2.24) is 0 Å². The zero-order valence-electron chi connectivity index (χ0n) is 15.4. The molecule has 1 aromatic rings. The molecule has 23 heavy (non-hydrogen) atoms. The predicted octanol–water partition coefficient (Wildman–Crippen LogP) is 7.13. The Morgan fingerprint density at radius 3 is 1.96 bits per heavy atom. The number of unbranched alkanes of at least 4 members (excludes halogenated alkanes) is 9. The van der Waals surface area contributed by atoms with Crippen molar-refractivity contribution in [3.63, 3.8) is 0 Å². The van der Waals surface area contributed by atoms with E-state index in [1.54, 1.807) is 0 Å². The lowest BCUT2D eigenvalue weighted by Gasteiger charge is -2.15. The average molecular weight is 321 g/mol. The summed E-state index contributed by atoms with van der Waals surface area (Å²) in [6, 6.07) is 5.97. The Morgan fingerprint density at radius 2 is 1.43 bits per heavy atom. The van der Waals surface area contributed by atoms with Crippen LogP contribution in [-0.4, -0.2) is 5.26 Å². The van der Waals surface area contributed by atoms with Crippen molar-refractivity contribution in [1.29, 1.82) is 0 Å². The van der Waals surface area contributed by atoms with Gasteiger partial charge in [-0.15, -0.1) is 0 Å². The minimum Gasteiger partial charge on any atom is -0.340 e. The maximum absolute atomic E-state index is 9.09. The molecule has 0 amide bonds. The molecule has 0 bridgehead atoms. The van der Waals surface area contributed by atoms with E-state index in [4.69, 9.17) is 5.26 Å². The lowest BCUT2D eigenvalue weighted by atomic mass is 9.93. The van der Waals surface area contributed by atoms with Gasteiger partial charge in [-0.05, 0) is 30.4 Å². The SMILES string of the molecule is CCCCCCCCCCCCc1c(OO)cccc1C(C)C. The van der Waals surface area contributed by atoms with Crippen molar-refractivity contribution < 1.29 is 10.1 Å². The topological polar surface area (TPSA) is 29.5 Å². The summed E-state index contributed by atoms with van der Waals surface area (Å²) in [5.41, 5.74) is 2.48. The molecule has 1 aromatic carbocycles. The van der Waals surface area contributed by atoms with E-state index in [-0.39, 0.29) is 0 Å². The van der Waals surface area contributed by atoms with Gasteiger partial charge < -0.3 is 4.89 Å². The summed E-state index contributed by atoms with van der Waals surface area (Å²) in [6.07, 6.45) is 14.5. The summed E-state index contributed by atoms with van der Waals surface area (Å²) < 4.78 is 0. The standard InChI is InChI=1S/C21H36O2/c1-4-5-6-7-8-9-10-11-12-13-15-20-19(18(2)3)16-14-17-21(20)23-22/h14,16-18,22H,4-13,15H2,1-3H3. The van der Waals surface area contributed by atoms with Gasteiger partial charge in [0.2, 0.25) is 0 Å². The quantitative estimate of drug-likeness (QED) is 0.238. The third-order valence-electron chi connectivity index (χ3n) is 4.67. The monoisotopic (exact) mass is 320 g/mol. The molecule has 0 spiro atoms. The van der Waals surface area contributed by atoms with E-state index in [1.807, 2.05) is 12.1 Å². The molecule has 0 aromatic heterocycles. The molecule has 0 aliphatic heterocycles. The van der Waals surface area contributed by atoms with Gasteiger partial charge in [0, 0.05) is 5.56 Å². The Balaban J connectivity index is 2.23. The molecule has 0 heterocycles. The van der Waals surface area contributed by atoms with Crippen LogP contribution in [0.5, 0.6) is 5.75 Å². The van der Waals surface area contributed by atoms with Crippen LogP contribution < -0.4 is 4.89 Å². The molecule has 2 heteroatoms. The van der Waals surface area contributed by atoms with Gasteiger partial charge in [-0.1, -0.05) is 90.7 Å². The molecule has 1 rings (SSSR count). The van der Waals surface area contributed by atoms with Crippen molar-refractivity contribution in [2.75, 3.05) is 0 Å². The minimum atomic E-state index is 0.461. The lowest BCUT2D eigenvalue weighted by Crippen LogP contribution is -2.00. The highest BCUT2D eigenvalue weighted by Gasteiger charge is 2.12. The fourth-order valence-corrected chi connectivity index (χ4v) is 3.27. The molecule has 0 fully saturated rings. The second kappa shape index (κ2) is 12.4. The highest BCUT2D eigenvalue weighted by Crippen LogP contribution is 2.29. The van der Waals surface area contributed by atoms with Crippen molar-refractivity contribution in [3.05, 3.63) is 29.3 Å². The number of hydrogen-bond donors (Lipinski definition) is 1. The summed E-state index contributed by atoms with van der Waals surface area (Å²) >= 11 is 0. The highest BCUT2D eigenvalue weighted by molar-refractivity contribution is 5.41. The van der Waals surface area contributed by atoms with Crippen molar-refractivity contribution >= 4 is 0 Å². The first-order chi connectivity index (χ1) is 11.2. The summed E-state index contributed by atoms with van der Waals surface area (Å²) in [4.78, 5) is 4.58. The zero-order chi connectivity index (χ0) is 16.9. The van der Waals surface area contributed by atoms with Gasteiger partial charge in [0.05, 0.1) is 0 Å². The molecular weight excluding hydrogens is 284 g/mol. The van der Waals surface area contributed by atoms with Gasteiger partial charge in [-0.2, -0.15) is 0 Å². The van der Waals surface area contributed by atoms with Gasteiger partial charge in [0.1, 0.15) is 0 Å². The molecule has 0 saturated carbocycles. The highest BCUT2D eigenvalue weighted by atomic mass is 17.1. The molecule has 0 atom stereocenters. The van der Waals surface area contributed by atoms with Crippen LogP contribution in [0.15, 0.2) is 18.2 Å². The zero-order valence-corrected chi connectivity index (χ0v) is 15.4. The Morgan fingerprint density at radius 1 is 0.870 bits per heavy atom. The second-order valence-corrected chi connectivity index (χ2v) is 7.00. The van der Waals surface area contributed by atoms with Crippen LogP contribution in [0.25, 0.3) is 0 Å².